The van der Waals surface area contributed by atoms with Crippen LogP contribution in [0.15, 0.2) is 41.7 Å². The van der Waals surface area contributed by atoms with Gasteiger partial charge in [-0.15, -0.1) is 11.3 Å². The Kier molecular flexibility index (Phi) is 3.80. The number of carbonyl (C=O) groups excluding carboxylic acids is 1. The summed E-state index contributed by atoms with van der Waals surface area (Å²) in [7, 11) is 1.81. The predicted molar refractivity (Wildman–Crippen MR) is 84.0 cm³/mol. The van der Waals surface area contributed by atoms with E-state index in [4.69, 9.17) is 0 Å². The van der Waals surface area contributed by atoms with Crippen molar-refractivity contribution < 1.29 is 4.79 Å². The number of nitrogens with zero attached hydrogens (tertiary/aromatic N) is 3. The molecular formula is C15H12N4O2S. The van der Waals surface area contributed by atoms with Crippen LogP contribution >= 0.6 is 11.3 Å². The van der Waals surface area contributed by atoms with Crippen LogP contribution in [-0.2, 0) is 7.05 Å². The predicted octanol–water partition coefficient (Wildman–Crippen LogP) is 0.0571. The summed E-state index contributed by atoms with van der Waals surface area (Å²) in [4.78, 5) is 30.6. The minimum atomic E-state index is -0.220. The summed E-state index contributed by atoms with van der Waals surface area (Å²) in [6, 6.07) is 3.26. The molecule has 0 aliphatic rings. The Morgan fingerprint density at radius 3 is 2.82 bits per heavy atom. The van der Waals surface area contributed by atoms with Gasteiger partial charge in [0.05, 0.1) is 15.4 Å². The Labute approximate surface area is 129 Å². The van der Waals surface area contributed by atoms with Crippen LogP contribution in [0.2, 0.25) is 0 Å². The van der Waals surface area contributed by atoms with Crippen LogP contribution in [-0.4, -0.2) is 25.5 Å². The lowest BCUT2D eigenvalue weighted by atomic mass is 10.2. The molecule has 0 amide bonds. The third kappa shape index (κ3) is 3.09. The fourth-order valence-corrected chi connectivity index (χ4v) is 2.79. The second-order valence-corrected chi connectivity index (χ2v) is 5.70. The molecule has 3 heterocycles. The summed E-state index contributed by atoms with van der Waals surface area (Å²) in [5.41, 5.74) is 1.14. The van der Waals surface area contributed by atoms with Gasteiger partial charge in [0.2, 0.25) is 0 Å². The van der Waals surface area contributed by atoms with E-state index in [2.05, 4.69) is 15.1 Å². The van der Waals surface area contributed by atoms with Gasteiger partial charge in [-0.05, 0) is 18.2 Å². The van der Waals surface area contributed by atoms with E-state index in [1.54, 1.807) is 41.5 Å². The SMILES string of the molecule is Cn1cc(C=c2sc(=CC(=O)c3ccncc3)[nH]c2=O)cn1. The highest BCUT2D eigenvalue weighted by atomic mass is 32.1. The summed E-state index contributed by atoms with van der Waals surface area (Å²) >= 11 is 1.23. The number of rotatable bonds is 3. The Morgan fingerprint density at radius 2 is 2.14 bits per heavy atom. The first-order valence-corrected chi connectivity index (χ1v) is 7.29. The summed E-state index contributed by atoms with van der Waals surface area (Å²) in [5, 5.41) is 4.05. The fourth-order valence-electron chi connectivity index (χ4n) is 1.91. The molecule has 1 N–H and O–H groups in total. The number of hydrogen-bond acceptors (Lipinski definition) is 5. The minimum Gasteiger partial charge on any atom is -0.313 e. The van der Waals surface area contributed by atoms with Gasteiger partial charge in [-0.2, -0.15) is 5.10 Å². The monoisotopic (exact) mass is 312 g/mol. The van der Waals surface area contributed by atoms with Gasteiger partial charge in [-0.1, -0.05) is 0 Å². The molecule has 0 bridgehead atoms. The zero-order chi connectivity index (χ0) is 15.5. The summed E-state index contributed by atoms with van der Waals surface area (Å²) in [5.74, 6) is -0.173. The summed E-state index contributed by atoms with van der Waals surface area (Å²) in [6.45, 7) is 0. The average molecular weight is 312 g/mol. The maximum absolute atomic E-state index is 12.1. The molecule has 0 aliphatic carbocycles. The van der Waals surface area contributed by atoms with Crippen LogP contribution in [0.1, 0.15) is 15.9 Å². The second-order valence-electron chi connectivity index (χ2n) is 4.62. The molecule has 6 nitrogen and oxygen atoms in total. The Bertz CT molecular complexity index is 982. The van der Waals surface area contributed by atoms with Gasteiger partial charge < -0.3 is 4.98 Å². The number of ketones is 1. The third-order valence-corrected chi connectivity index (χ3v) is 3.89. The largest absolute Gasteiger partial charge is 0.313 e. The zero-order valence-corrected chi connectivity index (χ0v) is 12.5. The van der Waals surface area contributed by atoms with Crippen molar-refractivity contribution in [3.63, 3.8) is 0 Å². The van der Waals surface area contributed by atoms with Crippen LogP contribution in [0.25, 0.3) is 12.2 Å². The molecule has 0 unspecified atom stereocenters. The number of pyridine rings is 1. The van der Waals surface area contributed by atoms with Crippen molar-refractivity contribution in [2.45, 2.75) is 0 Å². The topological polar surface area (TPSA) is 80.6 Å². The van der Waals surface area contributed by atoms with Crippen molar-refractivity contribution in [1.82, 2.24) is 19.7 Å². The van der Waals surface area contributed by atoms with Gasteiger partial charge in [0.15, 0.2) is 5.78 Å². The first-order valence-electron chi connectivity index (χ1n) is 6.47. The third-order valence-electron chi connectivity index (χ3n) is 2.93. The standard InChI is InChI=1S/C15H12N4O2S/c1-19-9-10(8-17-19)6-13-15(21)18-14(22-13)7-12(20)11-2-4-16-5-3-11/h2-9H,1H3,(H,18,21). The van der Waals surface area contributed by atoms with Gasteiger partial charge >= 0.3 is 0 Å². The number of carbonyl (C=O) groups is 1. The smallest absolute Gasteiger partial charge is 0.266 e. The average Bonchev–Trinajstić information content (AvgIpc) is 3.06. The molecule has 0 aliphatic heterocycles. The molecule has 110 valence electrons. The van der Waals surface area contributed by atoms with Crippen molar-refractivity contribution in [3.05, 3.63) is 67.6 Å². The van der Waals surface area contributed by atoms with E-state index in [0.717, 1.165) is 5.56 Å². The highest BCUT2D eigenvalue weighted by Gasteiger charge is 2.02. The lowest BCUT2D eigenvalue weighted by Crippen LogP contribution is -2.19. The molecule has 7 heteroatoms. The number of aromatic nitrogens is 4. The quantitative estimate of drug-likeness (QED) is 0.693. The number of aryl methyl sites for hydroxylation is 1. The molecule has 3 aromatic heterocycles. The molecule has 0 spiro atoms. The summed E-state index contributed by atoms with van der Waals surface area (Å²) < 4.78 is 2.71. The number of Topliss-reactive ketones (excluding diaryl/α,β-unsaturated/α-hetero) is 1. The molecule has 0 aromatic carbocycles. The molecule has 0 fully saturated rings. The zero-order valence-electron chi connectivity index (χ0n) is 11.7. The van der Waals surface area contributed by atoms with E-state index in [-0.39, 0.29) is 11.3 Å². The van der Waals surface area contributed by atoms with Crippen LogP contribution in [0.5, 0.6) is 0 Å². The van der Waals surface area contributed by atoms with E-state index in [9.17, 15) is 9.59 Å². The normalized spacial score (nSPS) is 12.8. The van der Waals surface area contributed by atoms with Crippen LogP contribution in [0, 0.1) is 0 Å². The number of thiazole rings is 1. The van der Waals surface area contributed by atoms with Crippen LogP contribution in [0.4, 0.5) is 0 Å². The molecule has 3 rings (SSSR count). The molecule has 0 radical (unpaired) electrons. The fraction of sp³-hybridized carbons (Fsp3) is 0.0667. The van der Waals surface area contributed by atoms with Crippen molar-refractivity contribution in [2.24, 2.45) is 7.05 Å². The molecular weight excluding hydrogens is 300 g/mol. The number of nitrogens with one attached hydrogen (secondary N) is 1. The molecule has 0 saturated heterocycles. The summed E-state index contributed by atoms with van der Waals surface area (Å²) in [6.07, 6.45) is 9.75. The van der Waals surface area contributed by atoms with E-state index in [1.807, 2.05) is 13.2 Å². The second kappa shape index (κ2) is 5.90. The van der Waals surface area contributed by atoms with Gasteiger partial charge in [0.25, 0.3) is 5.56 Å². The van der Waals surface area contributed by atoms with Crippen molar-refractivity contribution >= 4 is 29.3 Å². The number of hydrogen-bond donors (Lipinski definition) is 1. The maximum Gasteiger partial charge on any atom is 0.266 e. The lowest BCUT2D eigenvalue weighted by Gasteiger charge is -1.91. The van der Waals surface area contributed by atoms with E-state index < -0.39 is 0 Å². The van der Waals surface area contributed by atoms with Gasteiger partial charge in [-0.3, -0.25) is 19.3 Å². The van der Waals surface area contributed by atoms with E-state index in [1.165, 1.54) is 17.4 Å². The molecule has 0 atom stereocenters. The molecule has 22 heavy (non-hydrogen) atoms. The highest BCUT2D eigenvalue weighted by molar-refractivity contribution is 7.07. The first kappa shape index (κ1) is 14.2. The Morgan fingerprint density at radius 1 is 1.36 bits per heavy atom. The van der Waals surface area contributed by atoms with Crippen molar-refractivity contribution in [3.8, 4) is 0 Å². The van der Waals surface area contributed by atoms with Gasteiger partial charge in [0.1, 0.15) is 0 Å². The highest BCUT2D eigenvalue weighted by Crippen LogP contribution is 1.99. The molecule has 0 saturated carbocycles. The van der Waals surface area contributed by atoms with E-state index >= 15 is 0 Å². The first-order chi connectivity index (χ1) is 10.6. The Hall–Kier alpha value is -2.80. The lowest BCUT2D eigenvalue weighted by molar-refractivity contribution is 0.106. The number of H-pyrrole nitrogens is 1. The van der Waals surface area contributed by atoms with E-state index in [0.29, 0.717) is 14.8 Å². The van der Waals surface area contributed by atoms with Crippen molar-refractivity contribution in [2.75, 3.05) is 0 Å². The molecule has 3 aromatic rings. The maximum atomic E-state index is 12.1. The van der Waals surface area contributed by atoms with Gasteiger partial charge in [-0.25, -0.2) is 0 Å². The van der Waals surface area contributed by atoms with Gasteiger partial charge in [0, 0.05) is 42.8 Å². The Balaban J connectivity index is 1.99. The minimum absolute atomic E-state index is 0.173. The van der Waals surface area contributed by atoms with Crippen molar-refractivity contribution in [1.29, 1.82) is 0 Å². The number of aromatic amines is 1. The van der Waals surface area contributed by atoms with Crippen LogP contribution < -0.4 is 14.8 Å². The van der Waals surface area contributed by atoms with Crippen LogP contribution in [0.3, 0.4) is 0 Å².